The molecule has 2 fully saturated rings. The highest BCUT2D eigenvalue weighted by molar-refractivity contribution is 6.04. The Labute approximate surface area is 366 Å². The first-order valence-corrected chi connectivity index (χ1v) is 23.0. The fourth-order valence-electron chi connectivity index (χ4n) is 13.8. The van der Waals surface area contributed by atoms with Gasteiger partial charge in [-0.15, -0.1) is 0 Å². The molecule has 3 atom stereocenters. The lowest BCUT2D eigenvalue weighted by Crippen LogP contribution is -2.31. The minimum atomic E-state index is -0.162. The first-order valence-electron chi connectivity index (χ1n) is 23.0. The van der Waals surface area contributed by atoms with Crippen LogP contribution in [0.15, 0.2) is 176 Å². The predicted octanol–water partition coefficient (Wildman–Crippen LogP) is 16.2. The number of rotatable bonds is 5. The Morgan fingerprint density at radius 2 is 0.839 bits per heavy atom. The molecule has 0 aromatic heterocycles. The van der Waals surface area contributed by atoms with Gasteiger partial charge in [0, 0.05) is 32.9 Å². The summed E-state index contributed by atoms with van der Waals surface area (Å²) in [6.07, 6.45) is 5.31. The lowest BCUT2D eigenvalue weighted by atomic mass is 9.67. The van der Waals surface area contributed by atoms with E-state index >= 15 is 0 Å². The van der Waals surface area contributed by atoms with Gasteiger partial charge in [-0.3, -0.25) is 0 Å². The molecule has 0 amide bonds. The average molecular weight is 798 g/mol. The third-order valence-electron chi connectivity index (χ3n) is 16.3. The molecule has 1 heteroatoms. The fraction of sp³-hybridized carbons (Fsp3) is 0.213. The van der Waals surface area contributed by atoms with Crippen molar-refractivity contribution >= 4 is 17.1 Å². The van der Waals surface area contributed by atoms with E-state index in [2.05, 4.69) is 209 Å². The molecule has 1 spiro atoms. The van der Waals surface area contributed by atoms with Crippen LogP contribution in [0.5, 0.6) is 0 Å². The molecule has 0 aliphatic heterocycles. The average Bonchev–Trinajstić information content (AvgIpc) is 4.10. The van der Waals surface area contributed by atoms with Gasteiger partial charge < -0.3 is 4.90 Å². The van der Waals surface area contributed by atoms with E-state index in [0.717, 1.165) is 5.92 Å². The van der Waals surface area contributed by atoms with Crippen LogP contribution in [0.1, 0.15) is 86.8 Å². The first kappa shape index (κ1) is 36.2. The number of anilines is 3. The number of benzene rings is 8. The Bertz CT molecular complexity index is 3180. The molecule has 5 aliphatic carbocycles. The smallest absolute Gasteiger partial charge is 0.0543 e. The van der Waals surface area contributed by atoms with Gasteiger partial charge in [0.25, 0.3) is 0 Å². The van der Waals surface area contributed by atoms with E-state index in [-0.39, 0.29) is 16.2 Å². The van der Waals surface area contributed by atoms with Gasteiger partial charge in [-0.25, -0.2) is 0 Å². The first-order chi connectivity index (χ1) is 30.3. The lowest BCUT2D eigenvalue weighted by molar-refractivity contribution is 0.327. The minimum Gasteiger partial charge on any atom is -0.309 e. The van der Waals surface area contributed by atoms with Crippen LogP contribution in [0.2, 0.25) is 0 Å². The highest BCUT2D eigenvalue weighted by atomic mass is 15.2. The van der Waals surface area contributed by atoms with E-state index in [1.165, 1.54) is 126 Å². The Morgan fingerprint density at radius 1 is 0.371 bits per heavy atom. The van der Waals surface area contributed by atoms with E-state index in [4.69, 9.17) is 0 Å². The minimum absolute atomic E-state index is 0.0706. The van der Waals surface area contributed by atoms with Crippen molar-refractivity contribution < 1.29 is 0 Å². The van der Waals surface area contributed by atoms with Crippen LogP contribution in [0.25, 0.3) is 55.6 Å². The molecule has 8 aromatic rings. The van der Waals surface area contributed by atoms with Crippen molar-refractivity contribution in [1.29, 1.82) is 0 Å². The number of fused-ring (bicyclic) bond motifs is 14. The molecule has 2 bridgehead atoms. The summed E-state index contributed by atoms with van der Waals surface area (Å²) in [4.78, 5) is 2.67. The molecule has 0 N–H and O–H groups in total. The van der Waals surface area contributed by atoms with Gasteiger partial charge >= 0.3 is 0 Å². The normalized spacial score (nSPS) is 21.0. The van der Waals surface area contributed by atoms with Crippen molar-refractivity contribution in [2.45, 2.75) is 69.6 Å². The fourth-order valence-corrected chi connectivity index (χ4v) is 13.8. The number of nitrogens with zero attached hydrogens (tertiary/aromatic N) is 1. The third-order valence-corrected chi connectivity index (χ3v) is 16.3. The predicted molar refractivity (Wildman–Crippen MR) is 259 cm³/mol. The summed E-state index contributed by atoms with van der Waals surface area (Å²) < 4.78 is 0. The van der Waals surface area contributed by atoms with E-state index < -0.39 is 0 Å². The molecule has 13 rings (SSSR count). The van der Waals surface area contributed by atoms with E-state index in [1.807, 2.05) is 0 Å². The van der Waals surface area contributed by atoms with Gasteiger partial charge in [0.15, 0.2) is 0 Å². The molecule has 1 nitrogen and oxygen atoms in total. The topological polar surface area (TPSA) is 3.24 Å². The quantitative estimate of drug-likeness (QED) is 0.168. The summed E-state index contributed by atoms with van der Waals surface area (Å²) in [7, 11) is 0. The molecule has 62 heavy (non-hydrogen) atoms. The number of hydrogen-bond donors (Lipinski definition) is 0. The molecule has 0 radical (unpaired) electrons. The maximum absolute atomic E-state index is 2.67. The molecule has 0 heterocycles. The summed E-state index contributed by atoms with van der Waals surface area (Å²) in [5.41, 5.74) is 25.5. The zero-order chi connectivity index (χ0) is 41.5. The number of hydrogen-bond acceptors (Lipinski definition) is 1. The number of para-hydroxylation sites is 2. The highest BCUT2D eigenvalue weighted by Gasteiger charge is 2.57. The zero-order valence-electron chi connectivity index (χ0n) is 36.2. The summed E-state index contributed by atoms with van der Waals surface area (Å²) in [6, 6.07) is 67.5. The Hall–Kier alpha value is -6.44. The molecule has 300 valence electrons. The van der Waals surface area contributed by atoms with E-state index in [9.17, 15) is 0 Å². The van der Waals surface area contributed by atoms with Crippen LogP contribution in [-0.4, -0.2) is 0 Å². The second kappa shape index (κ2) is 12.8. The van der Waals surface area contributed by atoms with Gasteiger partial charge in [0.1, 0.15) is 0 Å². The molecule has 8 aromatic carbocycles. The molecule has 5 aliphatic rings. The van der Waals surface area contributed by atoms with Crippen molar-refractivity contribution in [2.75, 3.05) is 4.90 Å². The van der Waals surface area contributed by atoms with Crippen molar-refractivity contribution in [3.05, 3.63) is 209 Å². The van der Waals surface area contributed by atoms with E-state index in [0.29, 0.717) is 5.92 Å². The molecular weight excluding hydrogens is 747 g/mol. The van der Waals surface area contributed by atoms with E-state index in [1.54, 1.807) is 5.56 Å². The molecule has 0 saturated heterocycles. The summed E-state index contributed by atoms with van der Waals surface area (Å²) in [6.45, 7) is 9.62. The van der Waals surface area contributed by atoms with Crippen LogP contribution in [0.3, 0.4) is 0 Å². The van der Waals surface area contributed by atoms with Gasteiger partial charge in [0.05, 0.1) is 17.1 Å². The Morgan fingerprint density at radius 3 is 1.52 bits per heavy atom. The molecular formula is C61H51N. The summed E-state index contributed by atoms with van der Waals surface area (Å²) in [5.74, 6) is 1.49. The van der Waals surface area contributed by atoms with Crippen molar-refractivity contribution in [1.82, 2.24) is 0 Å². The monoisotopic (exact) mass is 797 g/mol. The third kappa shape index (κ3) is 4.64. The molecule has 3 unspecified atom stereocenters. The van der Waals surface area contributed by atoms with Crippen LogP contribution >= 0.6 is 0 Å². The Balaban J connectivity index is 1.11. The molecule has 2 saturated carbocycles. The summed E-state index contributed by atoms with van der Waals surface area (Å²) >= 11 is 0. The van der Waals surface area contributed by atoms with Crippen molar-refractivity contribution in [2.24, 2.45) is 11.8 Å². The summed E-state index contributed by atoms with van der Waals surface area (Å²) in [5, 5.41) is 0. The van der Waals surface area contributed by atoms with Crippen LogP contribution in [-0.2, 0) is 16.2 Å². The van der Waals surface area contributed by atoms with Crippen LogP contribution < -0.4 is 4.90 Å². The standard InChI is InChI=1S/C61H51N/c1-59(2)49-27-11-6-21-46(49)56-43(23-16-29-51(56)59)41-19-8-13-31-53(41)62(55-33-17-30-52-57(55)47-22-7-12-28-50(47)61(52)37-38-34-35-39(61)36-38)54-32-14-9-20-42(54)45-25-15-24-44-40-18-5-10-26-48(40)60(3,4)58(44)45/h5-33,38-39H,34-37H2,1-4H3. The van der Waals surface area contributed by atoms with Gasteiger partial charge in [0.2, 0.25) is 0 Å². The second-order valence-corrected chi connectivity index (χ2v) is 20.0. The Kier molecular flexibility index (Phi) is 7.48. The van der Waals surface area contributed by atoms with Crippen molar-refractivity contribution in [3.63, 3.8) is 0 Å². The van der Waals surface area contributed by atoms with Crippen molar-refractivity contribution in [3.8, 4) is 55.6 Å². The van der Waals surface area contributed by atoms with Gasteiger partial charge in [-0.05, 0) is 122 Å². The van der Waals surface area contributed by atoms with Crippen LogP contribution in [0.4, 0.5) is 17.1 Å². The van der Waals surface area contributed by atoms with Gasteiger partial charge in [-0.2, -0.15) is 0 Å². The highest BCUT2D eigenvalue weighted by Crippen LogP contribution is 2.67. The zero-order valence-corrected chi connectivity index (χ0v) is 36.2. The maximum atomic E-state index is 2.67. The van der Waals surface area contributed by atoms with Crippen LogP contribution in [0, 0.1) is 11.8 Å². The second-order valence-electron chi connectivity index (χ2n) is 20.0. The SMILES string of the molecule is CC1(C)c2ccccc2-c2c(-c3ccccc3N(c3ccccc3-c3cccc4c3C(C)(C)c3ccccc3-4)c3cccc4c3-c3ccccc3C43CC4CCC3C4)cccc21. The lowest BCUT2D eigenvalue weighted by Gasteiger charge is -2.37. The maximum Gasteiger partial charge on any atom is 0.0543 e. The largest absolute Gasteiger partial charge is 0.309 e. The van der Waals surface area contributed by atoms with Gasteiger partial charge in [-0.1, -0.05) is 192 Å².